The molecule has 0 atom stereocenters. The predicted molar refractivity (Wildman–Crippen MR) is 54.3 cm³/mol. The Bertz CT molecular complexity index is 216. The van der Waals surface area contributed by atoms with Crippen molar-refractivity contribution < 1.29 is 14.4 Å². The van der Waals surface area contributed by atoms with Crippen LogP contribution in [0.5, 0.6) is 0 Å². The normalized spacial score (nSPS) is 11.6. The van der Waals surface area contributed by atoms with E-state index in [1.54, 1.807) is 0 Å². The van der Waals surface area contributed by atoms with Crippen LogP contribution in [-0.2, 0) is 4.57 Å². The molecule has 71 valence electrons. The second-order valence-electron chi connectivity index (χ2n) is 2.63. The van der Waals surface area contributed by atoms with Crippen molar-refractivity contribution in [3.8, 4) is 0 Å². The Morgan fingerprint density at radius 3 is 1.77 bits per heavy atom. The predicted octanol–water partition coefficient (Wildman–Crippen LogP) is 0.590. The van der Waals surface area contributed by atoms with Gasteiger partial charge in [0.1, 0.15) is 5.28 Å². The minimum Gasteiger partial charge on any atom is -0.323 e. The van der Waals surface area contributed by atoms with Crippen molar-refractivity contribution in [2.45, 2.75) is 18.1 Å². The summed E-state index contributed by atoms with van der Waals surface area (Å²) in [5, 5.41) is -1.53. The maximum Gasteiger partial charge on any atom is 0.345 e. The van der Waals surface area contributed by atoms with Crippen molar-refractivity contribution in [3.63, 3.8) is 0 Å². The molecular formula is C7H14NNaO3P. The Hall–Kier alpha value is 0.590. The zero-order valence-corrected chi connectivity index (χ0v) is 10.7. The molecule has 0 aliphatic rings. The number of nitrogens with two attached hydrogens (primary N) is 1. The first kappa shape index (κ1) is 16.0. The third-order valence-corrected chi connectivity index (χ3v) is 3.10. The van der Waals surface area contributed by atoms with Crippen molar-refractivity contribution >= 4 is 37.2 Å². The van der Waals surface area contributed by atoms with Gasteiger partial charge in [-0.05, 0) is 12.8 Å². The van der Waals surface area contributed by atoms with E-state index in [0.717, 1.165) is 0 Å². The molecule has 0 bridgehead atoms. The maximum atomic E-state index is 10.9. The molecule has 0 unspecified atom stereocenters. The molecule has 0 aromatic rings. The first-order chi connectivity index (χ1) is 5.37. The maximum absolute atomic E-state index is 10.9. The SMILES string of the molecule is C=CCC(N)(CC=C)P(=O)(O)O.[Na]. The van der Waals surface area contributed by atoms with Gasteiger partial charge >= 0.3 is 7.60 Å². The topological polar surface area (TPSA) is 83.6 Å². The Labute approximate surface area is 100 Å². The average Bonchev–Trinajstić information content (AvgIpc) is 1.86. The molecule has 4 nitrogen and oxygen atoms in total. The van der Waals surface area contributed by atoms with Crippen LogP contribution in [-0.4, -0.2) is 44.6 Å². The van der Waals surface area contributed by atoms with E-state index in [-0.39, 0.29) is 42.4 Å². The van der Waals surface area contributed by atoms with E-state index < -0.39 is 12.9 Å². The quantitative estimate of drug-likeness (QED) is 0.355. The van der Waals surface area contributed by atoms with Crippen LogP contribution in [0.2, 0.25) is 0 Å². The van der Waals surface area contributed by atoms with Crippen molar-refractivity contribution in [1.29, 1.82) is 0 Å². The summed E-state index contributed by atoms with van der Waals surface area (Å²) >= 11 is 0. The van der Waals surface area contributed by atoms with Crippen LogP contribution in [0.15, 0.2) is 25.3 Å². The molecule has 0 aromatic carbocycles. The monoisotopic (exact) mass is 214 g/mol. The zero-order valence-electron chi connectivity index (χ0n) is 7.81. The molecule has 0 spiro atoms. The van der Waals surface area contributed by atoms with E-state index in [2.05, 4.69) is 13.2 Å². The molecule has 6 heteroatoms. The van der Waals surface area contributed by atoms with E-state index in [4.69, 9.17) is 15.5 Å². The molecule has 13 heavy (non-hydrogen) atoms. The molecule has 0 fully saturated rings. The fourth-order valence-corrected chi connectivity index (χ4v) is 1.55. The standard InChI is InChI=1S/C7H14NO3P.Na/c1-3-5-7(8,6-4-2)12(9,10)11;/h3-4H,1-2,5-6,8H2,(H2,9,10,11);. The zero-order chi connectivity index (χ0) is 9.83. The van der Waals surface area contributed by atoms with Gasteiger partial charge in [0.25, 0.3) is 0 Å². The fourth-order valence-electron chi connectivity index (χ4n) is 0.821. The van der Waals surface area contributed by atoms with Crippen LogP contribution < -0.4 is 5.73 Å². The molecule has 4 N–H and O–H groups in total. The van der Waals surface area contributed by atoms with Crippen LogP contribution >= 0.6 is 7.60 Å². The van der Waals surface area contributed by atoms with Crippen LogP contribution in [0, 0.1) is 0 Å². The summed E-state index contributed by atoms with van der Waals surface area (Å²) in [6, 6.07) is 0. The van der Waals surface area contributed by atoms with Crippen LogP contribution in [0.1, 0.15) is 12.8 Å². The molecule has 0 saturated carbocycles. The third kappa shape index (κ3) is 4.56. The second-order valence-corrected chi connectivity index (χ2v) is 4.61. The second kappa shape index (κ2) is 6.14. The molecule has 0 amide bonds. The van der Waals surface area contributed by atoms with Crippen molar-refractivity contribution in [2.75, 3.05) is 0 Å². The van der Waals surface area contributed by atoms with E-state index >= 15 is 0 Å². The molecule has 0 aliphatic carbocycles. The molecule has 0 heterocycles. The Kier molecular flexibility index (Phi) is 7.58. The van der Waals surface area contributed by atoms with Gasteiger partial charge in [-0.15, -0.1) is 13.2 Å². The van der Waals surface area contributed by atoms with Crippen LogP contribution in [0.3, 0.4) is 0 Å². The average molecular weight is 214 g/mol. The Morgan fingerprint density at radius 2 is 1.62 bits per heavy atom. The Balaban J connectivity index is 0. The molecule has 0 aromatic heterocycles. The van der Waals surface area contributed by atoms with Gasteiger partial charge in [-0.2, -0.15) is 0 Å². The number of hydrogen-bond donors (Lipinski definition) is 3. The largest absolute Gasteiger partial charge is 0.345 e. The van der Waals surface area contributed by atoms with Gasteiger partial charge in [-0.25, -0.2) is 0 Å². The van der Waals surface area contributed by atoms with Gasteiger partial charge in [-0.3, -0.25) is 4.57 Å². The van der Waals surface area contributed by atoms with Gasteiger partial charge in [0, 0.05) is 29.6 Å². The summed E-state index contributed by atoms with van der Waals surface area (Å²) in [6.07, 6.45) is 2.93. The van der Waals surface area contributed by atoms with Crippen molar-refractivity contribution in [3.05, 3.63) is 25.3 Å². The first-order valence-corrected chi connectivity index (χ1v) is 5.05. The molecule has 0 saturated heterocycles. The smallest absolute Gasteiger partial charge is 0.323 e. The summed E-state index contributed by atoms with van der Waals surface area (Å²) in [5.41, 5.74) is 5.49. The minimum atomic E-state index is -4.29. The van der Waals surface area contributed by atoms with Crippen LogP contribution in [0.25, 0.3) is 0 Å². The van der Waals surface area contributed by atoms with Crippen molar-refractivity contribution in [2.24, 2.45) is 5.73 Å². The summed E-state index contributed by atoms with van der Waals surface area (Å²) in [4.78, 5) is 17.8. The van der Waals surface area contributed by atoms with Crippen molar-refractivity contribution in [1.82, 2.24) is 0 Å². The third-order valence-electron chi connectivity index (χ3n) is 1.58. The number of rotatable bonds is 5. The minimum absolute atomic E-state index is 0. The summed E-state index contributed by atoms with van der Waals surface area (Å²) < 4.78 is 10.9. The van der Waals surface area contributed by atoms with E-state index in [9.17, 15) is 4.57 Å². The molecule has 0 aliphatic heterocycles. The number of hydrogen-bond acceptors (Lipinski definition) is 2. The van der Waals surface area contributed by atoms with E-state index in [1.165, 1.54) is 12.2 Å². The van der Waals surface area contributed by atoms with E-state index in [0.29, 0.717) is 0 Å². The first-order valence-electron chi connectivity index (χ1n) is 3.43. The van der Waals surface area contributed by atoms with E-state index in [1.807, 2.05) is 0 Å². The molecule has 0 rings (SSSR count). The van der Waals surface area contributed by atoms with Gasteiger partial charge in [0.05, 0.1) is 0 Å². The summed E-state index contributed by atoms with van der Waals surface area (Å²) in [7, 11) is -4.29. The van der Waals surface area contributed by atoms with Crippen LogP contribution in [0.4, 0.5) is 0 Å². The van der Waals surface area contributed by atoms with Gasteiger partial charge in [-0.1, -0.05) is 12.2 Å². The van der Waals surface area contributed by atoms with Gasteiger partial charge in [0.2, 0.25) is 0 Å². The molecule has 1 radical (unpaired) electrons. The summed E-state index contributed by atoms with van der Waals surface area (Å²) in [5.74, 6) is 0. The van der Waals surface area contributed by atoms with Gasteiger partial charge < -0.3 is 15.5 Å². The Morgan fingerprint density at radius 1 is 1.31 bits per heavy atom. The van der Waals surface area contributed by atoms with Gasteiger partial charge in [0.15, 0.2) is 0 Å². The summed E-state index contributed by atoms with van der Waals surface area (Å²) in [6.45, 7) is 6.77. The molecular weight excluding hydrogens is 200 g/mol. The fraction of sp³-hybridized carbons (Fsp3) is 0.429.